The normalized spacial score (nSPS) is 14.1. The predicted octanol–water partition coefficient (Wildman–Crippen LogP) is 2.68. The number of hydrogen-bond acceptors (Lipinski definition) is 3. The Balaban J connectivity index is 4.39. The van der Waals surface area contributed by atoms with Crippen LogP contribution in [0.3, 0.4) is 0 Å². The summed E-state index contributed by atoms with van der Waals surface area (Å²) in [7, 11) is 0. The number of rotatable bonds is 4. The minimum absolute atomic E-state index is 0.227. The molecule has 0 radical (unpaired) electrons. The van der Waals surface area contributed by atoms with Gasteiger partial charge in [0.25, 0.3) is 0 Å². The van der Waals surface area contributed by atoms with Crippen molar-refractivity contribution in [2.45, 2.75) is 16.8 Å². The van der Waals surface area contributed by atoms with Gasteiger partial charge in [0.1, 0.15) is 6.61 Å². The molecule has 1 atom stereocenters. The van der Waals surface area contributed by atoms with Gasteiger partial charge in [-0.25, -0.2) is 9.59 Å². The fraction of sp³-hybridized carbons (Fsp3) is 0.500. The van der Waals surface area contributed by atoms with E-state index >= 15 is 0 Å². The van der Waals surface area contributed by atoms with Crippen molar-refractivity contribution in [3.63, 3.8) is 0 Å². The molecule has 0 rings (SSSR count). The van der Waals surface area contributed by atoms with E-state index in [1.807, 2.05) is 0 Å². The van der Waals surface area contributed by atoms with E-state index in [0.717, 1.165) is 5.54 Å². The minimum atomic E-state index is -1.76. The van der Waals surface area contributed by atoms with E-state index in [9.17, 15) is 9.59 Å². The van der Waals surface area contributed by atoms with E-state index in [-0.39, 0.29) is 5.57 Å². The van der Waals surface area contributed by atoms with Gasteiger partial charge in [-0.1, -0.05) is 46.4 Å². The first-order valence-corrected chi connectivity index (χ1v) is 5.74. The summed E-state index contributed by atoms with van der Waals surface area (Å²) in [5, 5.41) is 10.9. The first kappa shape index (κ1) is 16.6. The third-order valence-corrected chi connectivity index (χ3v) is 2.18. The van der Waals surface area contributed by atoms with Crippen molar-refractivity contribution in [1.29, 1.82) is 0 Å². The first-order chi connectivity index (χ1) is 7.67. The quantitative estimate of drug-likeness (QED) is 0.779. The summed E-state index contributed by atoms with van der Waals surface area (Å²) in [5.74, 6) is -1.29. The summed E-state index contributed by atoms with van der Waals surface area (Å²) in [6.45, 7) is 0.931. The summed E-state index contributed by atoms with van der Waals surface area (Å²) >= 11 is 21.4. The van der Waals surface area contributed by atoms with Gasteiger partial charge in [-0.15, -0.1) is 0 Å². The van der Waals surface area contributed by atoms with Crippen molar-refractivity contribution in [2.75, 3.05) is 6.61 Å². The van der Waals surface area contributed by atoms with Gasteiger partial charge in [0, 0.05) is 5.54 Å². The van der Waals surface area contributed by atoms with Crippen LogP contribution in [-0.4, -0.2) is 33.6 Å². The Morgan fingerprint density at radius 1 is 1.47 bits per heavy atom. The summed E-state index contributed by atoms with van der Waals surface area (Å²) in [5.41, 5.74) is 1.26. The Morgan fingerprint density at radius 2 is 2.00 bits per heavy atom. The Bertz CT molecular complexity index is 326. The number of carbonyl (C=O) groups excluding carboxylic acids is 1. The van der Waals surface area contributed by atoms with E-state index in [1.165, 1.54) is 6.92 Å². The number of alkyl carbamates (subject to hydrolysis) is 1. The van der Waals surface area contributed by atoms with E-state index in [2.05, 4.69) is 10.1 Å². The van der Waals surface area contributed by atoms with Crippen LogP contribution < -0.4 is 5.32 Å². The number of amides is 1. The molecular formula is C8H9Cl4NO4. The molecule has 0 aromatic heterocycles. The number of carbonyl (C=O) groups is 2. The Morgan fingerprint density at radius 3 is 2.35 bits per heavy atom. The highest BCUT2D eigenvalue weighted by Gasteiger charge is 2.25. The van der Waals surface area contributed by atoms with Gasteiger partial charge in [0.05, 0.1) is 0 Å². The van der Waals surface area contributed by atoms with Crippen LogP contribution >= 0.6 is 46.4 Å². The lowest BCUT2D eigenvalue weighted by Crippen LogP contribution is -2.42. The van der Waals surface area contributed by atoms with Gasteiger partial charge in [0.15, 0.2) is 6.04 Å². The highest BCUT2D eigenvalue weighted by atomic mass is 35.6. The lowest BCUT2D eigenvalue weighted by atomic mass is 10.1. The van der Waals surface area contributed by atoms with Crippen molar-refractivity contribution >= 4 is 58.5 Å². The zero-order valence-electron chi connectivity index (χ0n) is 8.55. The van der Waals surface area contributed by atoms with E-state index in [4.69, 9.17) is 51.5 Å². The maximum absolute atomic E-state index is 11.2. The molecule has 0 saturated heterocycles. The number of carboxylic acid groups (broad SMARTS) is 1. The minimum Gasteiger partial charge on any atom is -0.479 e. The van der Waals surface area contributed by atoms with E-state index in [1.54, 1.807) is 0 Å². The fourth-order valence-corrected chi connectivity index (χ4v) is 1.03. The molecule has 17 heavy (non-hydrogen) atoms. The average molecular weight is 325 g/mol. The number of ether oxygens (including phenoxy) is 1. The monoisotopic (exact) mass is 323 g/mol. The molecule has 5 nitrogen and oxygen atoms in total. The molecular weight excluding hydrogens is 316 g/mol. The van der Waals surface area contributed by atoms with Crippen molar-refractivity contribution in [3.8, 4) is 0 Å². The standard InChI is InChI=1S/C8H9Cl4NO4/c1-4(2-9)5(6(14)15)13-7(16)17-3-8(10,11)12/h2,5H,3H2,1H3,(H,13,16)(H,14,15)/b4-2+. The third-order valence-electron chi connectivity index (χ3n) is 1.50. The van der Waals surface area contributed by atoms with Crippen molar-refractivity contribution < 1.29 is 19.4 Å². The molecule has 0 aliphatic rings. The molecule has 0 saturated carbocycles. The lowest BCUT2D eigenvalue weighted by Gasteiger charge is -2.16. The van der Waals surface area contributed by atoms with Gasteiger partial charge in [-0.05, 0) is 12.5 Å². The molecule has 2 N–H and O–H groups in total. The van der Waals surface area contributed by atoms with Crippen LogP contribution in [0.4, 0.5) is 4.79 Å². The topological polar surface area (TPSA) is 75.6 Å². The van der Waals surface area contributed by atoms with E-state index < -0.39 is 28.5 Å². The molecule has 0 aliphatic heterocycles. The van der Waals surface area contributed by atoms with Gasteiger partial charge < -0.3 is 15.2 Å². The number of aliphatic carboxylic acids is 1. The lowest BCUT2D eigenvalue weighted by molar-refractivity contribution is -0.138. The molecule has 98 valence electrons. The summed E-state index contributed by atoms with van der Waals surface area (Å²) in [6.07, 6.45) is -1.03. The molecule has 0 spiro atoms. The van der Waals surface area contributed by atoms with Crippen LogP contribution in [0.5, 0.6) is 0 Å². The Hall–Kier alpha value is -0.360. The highest BCUT2D eigenvalue weighted by molar-refractivity contribution is 6.67. The molecule has 0 aliphatic carbocycles. The number of hydrogen-bond donors (Lipinski definition) is 2. The number of carboxylic acids is 1. The maximum atomic E-state index is 11.2. The first-order valence-electron chi connectivity index (χ1n) is 4.17. The molecule has 9 heteroatoms. The van der Waals surface area contributed by atoms with Crippen LogP contribution in [0.2, 0.25) is 0 Å². The molecule has 0 fully saturated rings. The largest absolute Gasteiger partial charge is 0.479 e. The van der Waals surface area contributed by atoms with E-state index in [0.29, 0.717) is 0 Å². The second-order valence-electron chi connectivity index (χ2n) is 2.96. The molecule has 0 bridgehead atoms. The molecule has 1 unspecified atom stereocenters. The predicted molar refractivity (Wildman–Crippen MR) is 65.8 cm³/mol. The van der Waals surface area contributed by atoms with Crippen LogP contribution in [0.15, 0.2) is 11.1 Å². The zero-order chi connectivity index (χ0) is 13.6. The smallest absolute Gasteiger partial charge is 0.408 e. The summed E-state index contributed by atoms with van der Waals surface area (Å²) < 4.78 is 2.75. The van der Waals surface area contributed by atoms with Crippen molar-refractivity contribution in [3.05, 3.63) is 11.1 Å². The Kier molecular flexibility index (Phi) is 7.01. The molecule has 0 aromatic rings. The van der Waals surface area contributed by atoms with Crippen LogP contribution in [0.25, 0.3) is 0 Å². The molecule has 0 aromatic carbocycles. The van der Waals surface area contributed by atoms with Crippen LogP contribution in [0.1, 0.15) is 6.92 Å². The number of alkyl halides is 3. The van der Waals surface area contributed by atoms with Gasteiger partial charge in [-0.2, -0.15) is 0 Å². The third kappa shape index (κ3) is 7.54. The second-order valence-corrected chi connectivity index (χ2v) is 5.69. The fourth-order valence-electron chi connectivity index (χ4n) is 0.740. The number of halogens is 4. The van der Waals surface area contributed by atoms with Crippen molar-refractivity contribution in [2.24, 2.45) is 0 Å². The summed E-state index contributed by atoms with van der Waals surface area (Å²) in [6, 6.07) is -1.30. The molecule has 1 amide bonds. The highest BCUT2D eigenvalue weighted by Crippen LogP contribution is 2.25. The Labute approximate surface area is 118 Å². The van der Waals surface area contributed by atoms with Gasteiger partial charge in [-0.3, -0.25) is 0 Å². The summed E-state index contributed by atoms with van der Waals surface area (Å²) in [4.78, 5) is 22.0. The van der Waals surface area contributed by atoms with Crippen molar-refractivity contribution in [1.82, 2.24) is 5.32 Å². The van der Waals surface area contributed by atoms with Gasteiger partial charge in [0.2, 0.25) is 3.79 Å². The second kappa shape index (κ2) is 7.16. The van der Waals surface area contributed by atoms with Gasteiger partial charge >= 0.3 is 12.1 Å². The average Bonchev–Trinajstić information content (AvgIpc) is 2.20. The zero-order valence-corrected chi connectivity index (χ0v) is 11.6. The molecule has 0 heterocycles. The van der Waals surface area contributed by atoms with Crippen LogP contribution in [0, 0.1) is 0 Å². The van der Waals surface area contributed by atoms with Crippen LogP contribution in [-0.2, 0) is 9.53 Å². The maximum Gasteiger partial charge on any atom is 0.408 e. The number of nitrogens with one attached hydrogen (secondary N) is 1. The SMILES string of the molecule is C/C(=C\Cl)C(NC(=O)OCC(Cl)(Cl)Cl)C(=O)O.